The molecule has 19 heavy (non-hydrogen) atoms. The van der Waals surface area contributed by atoms with Crippen molar-refractivity contribution in [2.24, 2.45) is 0 Å². The molecule has 0 saturated heterocycles. The third kappa shape index (κ3) is 5.03. The first-order valence-electron chi connectivity index (χ1n) is 6.79. The van der Waals surface area contributed by atoms with Gasteiger partial charge in [-0.25, -0.2) is 9.78 Å². The zero-order valence-corrected chi connectivity index (χ0v) is 12.7. The van der Waals surface area contributed by atoms with Crippen LogP contribution in [0.3, 0.4) is 0 Å². The van der Waals surface area contributed by atoms with E-state index >= 15 is 0 Å². The van der Waals surface area contributed by atoms with E-state index in [1.54, 1.807) is 6.92 Å². The average molecular weight is 282 g/mol. The van der Waals surface area contributed by atoms with Crippen LogP contribution in [0.2, 0.25) is 0 Å². The molecule has 0 aliphatic heterocycles. The summed E-state index contributed by atoms with van der Waals surface area (Å²) in [4.78, 5) is 16.3. The molecule has 0 aliphatic rings. The van der Waals surface area contributed by atoms with E-state index in [2.05, 4.69) is 17.2 Å². The molecule has 0 spiro atoms. The van der Waals surface area contributed by atoms with Crippen LogP contribution >= 0.6 is 11.3 Å². The van der Waals surface area contributed by atoms with Crippen LogP contribution in [-0.2, 0) is 9.53 Å². The van der Waals surface area contributed by atoms with E-state index in [1.807, 2.05) is 18.4 Å². The van der Waals surface area contributed by atoms with Gasteiger partial charge in [-0.15, -0.1) is 11.3 Å². The molecule has 0 fully saturated rings. The lowest BCUT2D eigenvalue weighted by Gasteiger charge is -2.04. The van der Waals surface area contributed by atoms with Gasteiger partial charge in [0.1, 0.15) is 0 Å². The first kappa shape index (κ1) is 15.7. The number of hydrogen-bond donors (Lipinski definition) is 1. The van der Waals surface area contributed by atoms with Gasteiger partial charge in [-0.2, -0.15) is 0 Å². The molecule has 1 N–H and O–H groups in total. The van der Waals surface area contributed by atoms with Gasteiger partial charge in [0.2, 0.25) is 0 Å². The summed E-state index contributed by atoms with van der Waals surface area (Å²) in [5.74, 6) is -0.297. The highest BCUT2D eigenvalue weighted by Crippen LogP contribution is 2.23. The molecule has 0 amide bonds. The van der Waals surface area contributed by atoms with Crippen LogP contribution in [0.25, 0.3) is 5.57 Å². The zero-order chi connectivity index (χ0) is 14.1. The van der Waals surface area contributed by atoms with Gasteiger partial charge < -0.3 is 10.1 Å². The third-order valence-electron chi connectivity index (χ3n) is 2.49. The van der Waals surface area contributed by atoms with Gasteiger partial charge in [0.25, 0.3) is 0 Å². The molecule has 0 saturated carbocycles. The maximum atomic E-state index is 11.9. The Bertz CT molecular complexity index is 427. The third-order valence-corrected chi connectivity index (χ3v) is 3.29. The Hall–Kier alpha value is -1.36. The summed E-state index contributed by atoms with van der Waals surface area (Å²) in [6.07, 6.45) is 4.91. The Morgan fingerprint density at radius 3 is 2.89 bits per heavy atom. The standard InChI is InChI=1S/C14H22N2O2S/c1-4-7-9-15-14-16-12(10-19-14)11(8-5-2)13(17)18-6-3/h8,10H,4-7,9H2,1-3H3,(H,15,16)/b11-8+. The van der Waals surface area contributed by atoms with Crippen LogP contribution < -0.4 is 5.32 Å². The normalized spacial score (nSPS) is 11.4. The minimum absolute atomic E-state index is 0.297. The molecule has 0 atom stereocenters. The second kappa shape index (κ2) is 8.69. The number of carbonyl (C=O) groups excluding carboxylic acids is 1. The molecule has 1 aromatic heterocycles. The second-order valence-corrected chi connectivity index (χ2v) is 4.92. The fraction of sp³-hybridized carbons (Fsp3) is 0.571. The maximum absolute atomic E-state index is 11.9. The summed E-state index contributed by atoms with van der Waals surface area (Å²) in [5, 5.41) is 6.01. The first-order chi connectivity index (χ1) is 9.22. The van der Waals surface area contributed by atoms with Crippen molar-refractivity contribution in [1.29, 1.82) is 0 Å². The number of nitrogens with zero attached hydrogens (tertiary/aromatic N) is 1. The van der Waals surface area contributed by atoms with Gasteiger partial charge in [-0.05, 0) is 19.8 Å². The summed E-state index contributed by atoms with van der Waals surface area (Å²) in [6.45, 7) is 7.24. The van der Waals surface area contributed by atoms with Crippen molar-refractivity contribution < 1.29 is 9.53 Å². The summed E-state index contributed by atoms with van der Waals surface area (Å²) < 4.78 is 5.06. The Labute approximate surface area is 118 Å². The van der Waals surface area contributed by atoms with Crippen LogP contribution in [0.4, 0.5) is 5.13 Å². The minimum atomic E-state index is -0.297. The summed E-state index contributed by atoms with van der Waals surface area (Å²) >= 11 is 1.52. The largest absolute Gasteiger partial charge is 0.462 e. The van der Waals surface area contributed by atoms with E-state index in [0.717, 1.165) is 30.9 Å². The number of allylic oxidation sites excluding steroid dienone is 1. The van der Waals surface area contributed by atoms with E-state index in [1.165, 1.54) is 11.3 Å². The van der Waals surface area contributed by atoms with Crippen LogP contribution in [0.15, 0.2) is 11.5 Å². The number of carbonyl (C=O) groups is 1. The van der Waals surface area contributed by atoms with Crippen molar-refractivity contribution in [3.63, 3.8) is 0 Å². The topological polar surface area (TPSA) is 51.2 Å². The Morgan fingerprint density at radius 2 is 2.26 bits per heavy atom. The summed E-state index contributed by atoms with van der Waals surface area (Å²) in [6, 6.07) is 0. The molecule has 1 heterocycles. The van der Waals surface area contributed by atoms with Crippen molar-refractivity contribution in [2.45, 2.75) is 40.0 Å². The number of ether oxygens (including phenoxy) is 1. The van der Waals surface area contributed by atoms with E-state index < -0.39 is 0 Å². The number of rotatable bonds is 8. The van der Waals surface area contributed by atoms with Gasteiger partial charge in [-0.3, -0.25) is 0 Å². The molecule has 4 nitrogen and oxygen atoms in total. The molecule has 0 aliphatic carbocycles. The molecular weight excluding hydrogens is 260 g/mol. The number of unbranched alkanes of at least 4 members (excludes halogenated alkanes) is 1. The Morgan fingerprint density at radius 1 is 1.47 bits per heavy atom. The fourth-order valence-electron chi connectivity index (χ4n) is 1.56. The second-order valence-electron chi connectivity index (χ2n) is 4.06. The van der Waals surface area contributed by atoms with Crippen LogP contribution in [0.1, 0.15) is 45.7 Å². The lowest BCUT2D eigenvalue weighted by atomic mass is 10.2. The lowest BCUT2D eigenvalue weighted by Crippen LogP contribution is -2.07. The molecule has 0 bridgehead atoms. The highest BCUT2D eigenvalue weighted by Gasteiger charge is 2.15. The SMILES string of the molecule is CC/C=C(/C(=O)OCC)c1csc(NCCCC)n1. The first-order valence-corrected chi connectivity index (χ1v) is 7.67. The van der Waals surface area contributed by atoms with Crippen molar-refractivity contribution >= 4 is 28.0 Å². The molecule has 0 aromatic carbocycles. The molecule has 0 unspecified atom stereocenters. The van der Waals surface area contributed by atoms with E-state index in [-0.39, 0.29) is 5.97 Å². The average Bonchev–Trinajstić information content (AvgIpc) is 2.85. The van der Waals surface area contributed by atoms with Gasteiger partial charge in [0.15, 0.2) is 5.13 Å². The maximum Gasteiger partial charge on any atom is 0.340 e. The van der Waals surface area contributed by atoms with Crippen LogP contribution in [-0.4, -0.2) is 24.1 Å². The fourth-order valence-corrected chi connectivity index (χ4v) is 2.30. The predicted octanol–water partition coefficient (Wildman–Crippen LogP) is 3.71. The summed E-state index contributed by atoms with van der Waals surface area (Å²) in [5.41, 5.74) is 1.26. The van der Waals surface area contributed by atoms with Crippen LogP contribution in [0, 0.1) is 0 Å². The van der Waals surface area contributed by atoms with E-state index in [9.17, 15) is 4.79 Å². The molecule has 0 radical (unpaired) electrons. The van der Waals surface area contributed by atoms with Crippen molar-refractivity contribution in [3.05, 3.63) is 17.2 Å². The Kier molecular flexibility index (Phi) is 7.18. The monoisotopic (exact) mass is 282 g/mol. The van der Waals surface area contributed by atoms with Gasteiger partial charge >= 0.3 is 5.97 Å². The smallest absolute Gasteiger partial charge is 0.340 e. The van der Waals surface area contributed by atoms with Gasteiger partial charge in [-0.1, -0.05) is 26.3 Å². The molecule has 1 aromatic rings. The van der Waals surface area contributed by atoms with Crippen LogP contribution in [0.5, 0.6) is 0 Å². The Balaban J connectivity index is 2.75. The lowest BCUT2D eigenvalue weighted by molar-refractivity contribution is -0.136. The number of hydrogen-bond acceptors (Lipinski definition) is 5. The van der Waals surface area contributed by atoms with Crippen molar-refractivity contribution in [2.75, 3.05) is 18.5 Å². The molecule has 106 valence electrons. The van der Waals surface area contributed by atoms with E-state index in [0.29, 0.717) is 17.9 Å². The highest BCUT2D eigenvalue weighted by molar-refractivity contribution is 7.13. The number of thiazole rings is 1. The van der Waals surface area contributed by atoms with Gasteiger partial charge in [0, 0.05) is 11.9 Å². The minimum Gasteiger partial charge on any atom is -0.462 e. The summed E-state index contributed by atoms with van der Waals surface area (Å²) in [7, 11) is 0. The molecular formula is C14H22N2O2S. The quantitative estimate of drug-likeness (QED) is 0.448. The number of anilines is 1. The number of aromatic nitrogens is 1. The van der Waals surface area contributed by atoms with Crippen molar-refractivity contribution in [3.8, 4) is 0 Å². The number of esters is 1. The predicted molar refractivity (Wildman–Crippen MR) is 80.4 cm³/mol. The van der Waals surface area contributed by atoms with Gasteiger partial charge in [0.05, 0.1) is 17.9 Å². The number of nitrogens with one attached hydrogen (secondary N) is 1. The van der Waals surface area contributed by atoms with E-state index in [4.69, 9.17) is 4.74 Å². The zero-order valence-electron chi connectivity index (χ0n) is 11.9. The molecule has 5 heteroatoms. The molecule has 1 rings (SSSR count). The highest BCUT2D eigenvalue weighted by atomic mass is 32.1. The van der Waals surface area contributed by atoms with Crippen molar-refractivity contribution in [1.82, 2.24) is 4.98 Å².